The van der Waals surface area contributed by atoms with E-state index in [0.717, 1.165) is 51.4 Å². The van der Waals surface area contributed by atoms with Crippen molar-refractivity contribution in [2.75, 3.05) is 63.6 Å². The van der Waals surface area contributed by atoms with Gasteiger partial charge >= 0.3 is 0 Å². The van der Waals surface area contributed by atoms with Gasteiger partial charge in [0.25, 0.3) is 5.91 Å². The van der Waals surface area contributed by atoms with Crippen LogP contribution in [0.2, 0.25) is 0 Å². The summed E-state index contributed by atoms with van der Waals surface area (Å²) in [6, 6.07) is 11.7. The number of rotatable bonds is 8. The molecular formula is C21H29N5O2. The van der Waals surface area contributed by atoms with Gasteiger partial charge in [-0.25, -0.2) is 4.98 Å². The third kappa shape index (κ3) is 4.92. The van der Waals surface area contributed by atoms with E-state index in [1.807, 2.05) is 12.1 Å². The molecule has 2 heterocycles. The van der Waals surface area contributed by atoms with E-state index in [1.54, 1.807) is 32.5 Å². The molecule has 1 amide bonds. The van der Waals surface area contributed by atoms with E-state index >= 15 is 0 Å². The van der Waals surface area contributed by atoms with E-state index in [0.29, 0.717) is 11.4 Å². The van der Waals surface area contributed by atoms with Crippen molar-refractivity contribution in [3.8, 4) is 5.75 Å². The average Bonchev–Trinajstić information content (AvgIpc) is 2.77. The third-order valence-corrected chi connectivity index (χ3v) is 5.02. The molecule has 1 aromatic heterocycles. The zero-order chi connectivity index (χ0) is 19.8. The molecular weight excluding hydrogens is 354 g/mol. The molecule has 0 saturated carbocycles. The Kier molecular flexibility index (Phi) is 7.08. The zero-order valence-electron chi connectivity index (χ0n) is 16.6. The zero-order valence-corrected chi connectivity index (χ0v) is 16.6. The predicted octanol–water partition coefficient (Wildman–Crippen LogP) is 2.07. The molecule has 0 aliphatic carbocycles. The van der Waals surface area contributed by atoms with Crippen molar-refractivity contribution in [2.24, 2.45) is 0 Å². The highest BCUT2D eigenvalue weighted by atomic mass is 16.5. The Labute approximate surface area is 166 Å². The van der Waals surface area contributed by atoms with Crippen LogP contribution in [0.25, 0.3) is 0 Å². The second kappa shape index (κ2) is 9.94. The molecule has 2 aromatic rings. The molecule has 7 heteroatoms. The molecule has 0 spiro atoms. The fourth-order valence-corrected chi connectivity index (χ4v) is 3.48. The molecule has 2 N–H and O–H groups in total. The molecule has 28 heavy (non-hydrogen) atoms. The van der Waals surface area contributed by atoms with E-state index in [1.165, 1.54) is 5.69 Å². The summed E-state index contributed by atoms with van der Waals surface area (Å²) in [5, 5.41) is 5.94. The highest BCUT2D eigenvalue weighted by Gasteiger charge is 2.19. The summed E-state index contributed by atoms with van der Waals surface area (Å²) >= 11 is 0. The van der Waals surface area contributed by atoms with Crippen molar-refractivity contribution in [3.05, 3.63) is 48.2 Å². The van der Waals surface area contributed by atoms with Crippen molar-refractivity contribution in [1.82, 2.24) is 15.2 Å². The van der Waals surface area contributed by atoms with Crippen LogP contribution in [-0.4, -0.2) is 69.2 Å². The lowest BCUT2D eigenvalue weighted by Crippen LogP contribution is -2.47. The molecule has 1 saturated heterocycles. The molecule has 150 valence electrons. The van der Waals surface area contributed by atoms with Gasteiger partial charge in [-0.1, -0.05) is 12.1 Å². The van der Waals surface area contributed by atoms with Gasteiger partial charge in [0.05, 0.1) is 18.4 Å². The highest BCUT2D eigenvalue weighted by Crippen LogP contribution is 2.28. The summed E-state index contributed by atoms with van der Waals surface area (Å²) in [7, 11) is 3.35. The Bertz CT molecular complexity index is 775. The fourth-order valence-electron chi connectivity index (χ4n) is 3.48. The van der Waals surface area contributed by atoms with Gasteiger partial charge in [-0.3, -0.25) is 9.69 Å². The first-order valence-electron chi connectivity index (χ1n) is 9.74. The number of hydrogen-bond acceptors (Lipinski definition) is 6. The Hall–Kier alpha value is -2.80. The first-order chi connectivity index (χ1) is 13.7. The number of piperazine rings is 1. The van der Waals surface area contributed by atoms with Crippen molar-refractivity contribution in [2.45, 2.75) is 6.42 Å². The van der Waals surface area contributed by atoms with Gasteiger partial charge < -0.3 is 20.3 Å². The molecule has 1 aliphatic heterocycles. The number of pyridine rings is 1. The molecule has 0 bridgehead atoms. The van der Waals surface area contributed by atoms with Gasteiger partial charge in [0.2, 0.25) is 0 Å². The van der Waals surface area contributed by atoms with Crippen LogP contribution in [0.5, 0.6) is 5.75 Å². The minimum absolute atomic E-state index is 0.122. The number of carbonyl (C=O) groups excluding carboxylic acids is 1. The summed E-state index contributed by atoms with van der Waals surface area (Å²) in [6.45, 7) is 5.86. The minimum Gasteiger partial charge on any atom is -0.495 e. The second-order valence-electron chi connectivity index (χ2n) is 6.76. The fraction of sp³-hybridized carbons (Fsp3) is 0.429. The van der Waals surface area contributed by atoms with Crippen molar-refractivity contribution in [1.29, 1.82) is 0 Å². The molecule has 1 fully saturated rings. The van der Waals surface area contributed by atoms with Crippen LogP contribution in [0.3, 0.4) is 0 Å². The molecule has 1 aliphatic rings. The molecule has 3 rings (SSSR count). The third-order valence-electron chi connectivity index (χ3n) is 5.02. The van der Waals surface area contributed by atoms with Gasteiger partial charge in [-0.05, 0) is 37.2 Å². The number of nitrogens with zero attached hydrogens (tertiary/aromatic N) is 3. The lowest BCUT2D eigenvalue weighted by molar-refractivity contribution is 0.0963. The SMILES string of the molecule is CNC(=O)c1cccnc1NCCCN1CCN(c2ccccc2OC)CC1. The molecule has 7 nitrogen and oxygen atoms in total. The number of aromatic nitrogens is 1. The lowest BCUT2D eigenvalue weighted by atomic mass is 10.2. The Morgan fingerprint density at radius 2 is 1.93 bits per heavy atom. The summed E-state index contributed by atoms with van der Waals surface area (Å²) in [6.07, 6.45) is 2.70. The number of carbonyl (C=O) groups is 1. The number of nitrogens with one attached hydrogen (secondary N) is 2. The highest BCUT2D eigenvalue weighted by molar-refractivity contribution is 5.98. The van der Waals surface area contributed by atoms with Crippen LogP contribution in [0.4, 0.5) is 11.5 Å². The summed E-state index contributed by atoms with van der Waals surface area (Å²) in [5.74, 6) is 1.45. The first kappa shape index (κ1) is 19.9. The molecule has 0 atom stereocenters. The second-order valence-corrected chi connectivity index (χ2v) is 6.76. The molecule has 1 aromatic carbocycles. The molecule has 0 unspecified atom stereocenters. The topological polar surface area (TPSA) is 69.7 Å². The maximum atomic E-state index is 11.9. The van der Waals surface area contributed by atoms with Crippen LogP contribution in [-0.2, 0) is 0 Å². The first-order valence-corrected chi connectivity index (χ1v) is 9.74. The van der Waals surface area contributed by atoms with E-state index in [4.69, 9.17) is 4.74 Å². The van der Waals surface area contributed by atoms with Crippen molar-refractivity contribution >= 4 is 17.4 Å². The van der Waals surface area contributed by atoms with Crippen LogP contribution in [0, 0.1) is 0 Å². The quantitative estimate of drug-likeness (QED) is 0.680. The Morgan fingerprint density at radius 1 is 1.14 bits per heavy atom. The van der Waals surface area contributed by atoms with Gasteiger partial charge in [0, 0.05) is 46.0 Å². The maximum Gasteiger partial charge on any atom is 0.254 e. The minimum atomic E-state index is -0.122. The average molecular weight is 383 g/mol. The van der Waals surface area contributed by atoms with E-state index in [2.05, 4.69) is 37.6 Å². The van der Waals surface area contributed by atoms with Gasteiger partial charge in [-0.15, -0.1) is 0 Å². The number of hydrogen-bond donors (Lipinski definition) is 2. The number of anilines is 2. The van der Waals surface area contributed by atoms with Crippen LogP contribution < -0.4 is 20.3 Å². The van der Waals surface area contributed by atoms with E-state index in [9.17, 15) is 4.79 Å². The maximum absolute atomic E-state index is 11.9. The Balaban J connectivity index is 1.42. The van der Waals surface area contributed by atoms with Crippen LogP contribution >= 0.6 is 0 Å². The summed E-state index contributed by atoms with van der Waals surface area (Å²) < 4.78 is 5.48. The van der Waals surface area contributed by atoms with Gasteiger partial charge in [0.1, 0.15) is 11.6 Å². The van der Waals surface area contributed by atoms with Gasteiger partial charge in [0.15, 0.2) is 0 Å². The molecule has 0 radical (unpaired) electrons. The number of methoxy groups -OCH3 is 1. The normalized spacial score (nSPS) is 14.6. The summed E-state index contributed by atoms with van der Waals surface area (Å²) in [4.78, 5) is 21.0. The van der Waals surface area contributed by atoms with Crippen molar-refractivity contribution < 1.29 is 9.53 Å². The number of ether oxygens (including phenoxy) is 1. The lowest BCUT2D eigenvalue weighted by Gasteiger charge is -2.36. The van der Waals surface area contributed by atoms with E-state index < -0.39 is 0 Å². The van der Waals surface area contributed by atoms with Crippen LogP contribution in [0.1, 0.15) is 16.8 Å². The smallest absolute Gasteiger partial charge is 0.254 e. The van der Waals surface area contributed by atoms with Crippen molar-refractivity contribution in [3.63, 3.8) is 0 Å². The standard InChI is InChI=1S/C21H29N5O2/c1-22-21(27)17-7-5-10-23-20(17)24-11-6-12-25-13-15-26(16-14-25)18-8-3-4-9-19(18)28-2/h3-5,7-10H,6,11-16H2,1-2H3,(H,22,27)(H,23,24). The van der Waals surface area contributed by atoms with Gasteiger partial charge in [-0.2, -0.15) is 0 Å². The largest absolute Gasteiger partial charge is 0.495 e. The predicted molar refractivity (Wildman–Crippen MR) is 112 cm³/mol. The summed E-state index contributed by atoms with van der Waals surface area (Å²) in [5.41, 5.74) is 1.75. The monoisotopic (exact) mass is 383 g/mol. The number of benzene rings is 1. The Morgan fingerprint density at radius 3 is 2.68 bits per heavy atom. The van der Waals surface area contributed by atoms with E-state index in [-0.39, 0.29) is 5.91 Å². The van der Waals surface area contributed by atoms with Crippen LogP contribution in [0.15, 0.2) is 42.6 Å². The number of amides is 1. The number of para-hydroxylation sites is 2.